The van der Waals surface area contributed by atoms with Crippen LogP contribution in [0.25, 0.3) is 0 Å². The molecule has 2 amide bonds. The maximum absolute atomic E-state index is 12.9. The average Bonchev–Trinajstić information content (AvgIpc) is 2.77. The van der Waals surface area contributed by atoms with E-state index in [1.165, 1.54) is 19.3 Å². The van der Waals surface area contributed by atoms with Crippen LogP contribution in [-0.4, -0.2) is 47.1 Å². The molecule has 2 aliphatic rings. The summed E-state index contributed by atoms with van der Waals surface area (Å²) < 4.78 is 5.96. The minimum atomic E-state index is -0.441. The van der Waals surface area contributed by atoms with Crippen molar-refractivity contribution in [3.05, 3.63) is 23.8 Å². The van der Waals surface area contributed by atoms with Crippen molar-refractivity contribution in [3.63, 3.8) is 0 Å². The first kappa shape index (κ1) is 22.6. The second-order valence-electron chi connectivity index (χ2n) is 8.54. The molecule has 6 nitrogen and oxygen atoms in total. The quantitative estimate of drug-likeness (QED) is 0.564. The average molecular weight is 417 g/mol. The van der Waals surface area contributed by atoms with E-state index in [0.29, 0.717) is 38.8 Å². The number of unbranched alkanes of at least 4 members (excludes halogenated alkanes) is 1. The maximum atomic E-state index is 12.9. The summed E-state index contributed by atoms with van der Waals surface area (Å²) in [4.78, 5) is 26.4. The molecular formula is C24H36N2O4. The van der Waals surface area contributed by atoms with E-state index in [0.717, 1.165) is 42.7 Å². The van der Waals surface area contributed by atoms with Crippen LogP contribution in [0.5, 0.6) is 5.75 Å². The predicted octanol–water partition coefficient (Wildman–Crippen LogP) is 4.05. The van der Waals surface area contributed by atoms with Gasteiger partial charge in [-0.3, -0.25) is 9.59 Å². The van der Waals surface area contributed by atoms with Gasteiger partial charge < -0.3 is 20.1 Å². The van der Waals surface area contributed by atoms with Gasteiger partial charge in [-0.15, -0.1) is 0 Å². The molecule has 1 heterocycles. The van der Waals surface area contributed by atoms with E-state index in [4.69, 9.17) is 4.74 Å². The van der Waals surface area contributed by atoms with Crippen molar-refractivity contribution >= 4 is 17.5 Å². The van der Waals surface area contributed by atoms with E-state index in [9.17, 15) is 14.7 Å². The molecule has 30 heavy (non-hydrogen) atoms. The van der Waals surface area contributed by atoms with Crippen LogP contribution < -0.4 is 10.1 Å². The molecular weight excluding hydrogens is 380 g/mol. The van der Waals surface area contributed by atoms with Crippen molar-refractivity contribution in [2.24, 2.45) is 0 Å². The highest BCUT2D eigenvalue weighted by Crippen LogP contribution is 2.31. The number of nitrogens with zero attached hydrogens (tertiary/aromatic N) is 1. The number of rotatable bonds is 10. The summed E-state index contributed by atoms with van der Waals surface area (Å²) in [6, 6.07) is 6.03. The summed E-state index contributed by atoms with van der Waals surface area (Å²) in [5.41, 5.74) is 1.90. The molecule has 2 N–H and O–H groups in total. The number of hydrogen-bond acceptors (Lipinski definition) is 4. The molecule has 1 fully saturated rings. The number of hydrogen-bond donors (Lipinski definition) is 2. The van der Waals surface area contributed by atoms with Crippen molar-refractivity contribution in [2.75, 3.05) is 18.5 Å². The van der Waals surface area contributed by atoms with E-state index in [2.05, 4.69) is 5.32 Å². The van der Waals surface area contributed by atoms with Gasteiger partial charge >= 0.3 is 0 Å². The molecule has 1 unspecified atom stereocenters. The Kier molecular flexibility index (Phi) is 8.55. The molecule has 1 aliphatic heterocycles. The Morgan fingerprint density at radius 1 is 1.23 bits per heavy atom. The van der Waals surface area contributed by atoms with Crippen molar-refractivity contribution in [1.29, 1.82) is 0 Å². The number of amides is 2. The number of benzene rings is 1. The normalized spacial score (nSPS) is 17.7. The number of ether oxygens (including phenoxy) is 1. The van der Waals surface area contributed by atoms with Crippen LogP contribution in [0.3, 0.4) is 0 Å². The Labute approximate surface area is 180 Å². The Morgan fingerprint density at radius 3 is 2.80 bits per heavy atom. The largest absolute Gasteiger partial charge is 0.493 e. The third kappa shape index (κ3) is 6.21. The summed E-state index contributed by atoms with van der Waals surface area (Å²) in [5.74, 6) is 1.04. The van der Waals surface area contributed by atoms with Gasteiger partial charge in [-0.05, 0) is 50.7 Å². The van der Waals surface area contributed by atoms with Crippen LogP contribution in [0, 0.1) is 0 Å². The first-order valence-corrected chi connectivity index (χ1v) is 11.6. The number of nitrogens with one attached hydrogen (secondary N) is 1. The highest BCUT2D eigenvalue weighted by molar-refractivity contribution is 5.94. The monoisotopic (exact) mass is 416 g/mol. The smallest absolute Gasteiger partial charge is 0.224 e. The Bertz CT molecular complexity index is 715. The third-order valence-electron chi connectivity index (χ3n) is 6.27. The number of aliphatic hydroxyl groups excluding tert-OH is 1. The zero-order valence-corrected chi connectivity index (χ0v) is 18.2. The fourth-order valence-corrected chi connectivity index (χ4v) is 4.43. The zero-order valence-electron chi connectivity index (χ0n) is 18.2. The number of fused-ring (bicyclic) bond motifs is 1. The molecule has 6 heteroatoms. The first-order valence-electron chi connectivity index (χ1n) is 11.6. The topological polar surface area (TPSA) is 78.9 Å². The Balaban J connectivity index is 1.45. The Hall–Kier alpha value is -2.08. The maximum Gasteiger partial charge on any atom is 0.224 e. The SMILES string of the molecule is CCC(O)CN(C(=O)CCCCOc1cccc2c1CCC(=O)N2)C1CCCCC1. The van der Waals surface area contributed by atoms with Gasteiger partial charge in [-0.25, -0.2) is 0 Å². The lowest BCUT2D eigenvalue weighted by molar-refractivity contribution is -0.136. The molecule has 1 atom stereocenters. The van der Waals surface area contributed by atoms with Crippen molar-refractivity contribution in [3.8, 4) is 5.75 Å². The second-order valence-corrected chi connectivity index (χ2v) is 8.54. The fraction of sp³-hybridized carbons (Fsp3) is 0.667. The molecule has 1 aromatic carbocycles. The highest BCUT2D eigenvalue weighted by atomic mass is 16.5. The van der Waals surface area contributed by atoms with E-state index < -0.39 is 6.10 Å². The van der Waals surface area contributed by atoms with Crippen molar-refractivity contribution in [2.45, 2.75) is 89.7 Å². The minimum Gasteiger partial charge on any atom is -0.493 e. The van der Waals surface area contributed by atoms with Gasteiger partial charge in [0.2, 0.25) is 11.8 Å². The number of carbonyl (C=O) groups is 2. The van der Waals surface area contributed by atoms with Gasteiger partial charge in [-0.1, -0.05) is 32.3 Å². The van der Waals surface area contributed by atoms with Crippen LogP contribution in [0.15, 0.2) is 18.2 Å². The van der Waals surface area contributed by atoms with Crippen LogP contribution in [-0.2, 0) is 16.0 Å². The lowest BCUT2D eigenvalue weighted by Gasteiger charge is -2.35. The van der Waals surface area contributed by atoms with E-state index in [1.807, 2.05) is 30.0 Å². The molecule has 166 valence electrons. The van der Waals surface area contributed by atoms with Gasteiger partial charge in [-0.2, -0.15) is 0 Å². The summed E-state index contributed by atoms with van der Waals surface area (Å²) in [6.45, 7) is 2.97. The fourth-order valence-electron chi connectivity index (χ4n) is 4.43. The van der Waals surface area contributed by atoms with Gasteiger partial charge in [0, 0.05) is 36.7 Å². The molecule has 1 aromatic rings. The number of carbonyl (C=O) groups excluding carboxylic acids is 2. The van der Waals surface area contributed by atoms with Gasteiger partial charge in [0.1, 0.15) is 5.75 Å². The highest BCUT2D eigenvalue weighted by Gasteiger charge is 2.26. The summed E-state index contributed by atoms with van der Waals surface area (Å²) >= 11 is 0. The molecule has 0 bridgehead atoms. The van der Waals surface area contributed by atoms with E-state index in [1.54, 1.807) is 0 Å². The van der Waals surface area contributed by atoms with Gasteiger partial charge in [0.15, 0.2) is 0 Å². The summed E-state index contributed by atoms with van der Waals surface area (Å²) in [5, 5.41) is 13.0. The molecule has 0 aromatic heterocycles. The number of anilines is 1. The van der Waals surface area contributed by atoms with Crippen molar-refractivity contribution in [1.82, 2.24) is 4.90 Å². The van der Waals surface area contributed by atoms with Crippen molar-refractivity contribution < 1.29 is 19.4 Å². The van der Waals surface area contributed by atoms with E-state index >= 15 is 0 Å². The molecule has 0 spiro atoms. The lowest BCUT2D eigenvalue weighted by Crippen LogP contribution is -2.45. The Morgan fingerprint density at radius 2 is 2.03 bits per heavy atom. The van der Waals surface area contributed by atoms with Crippen LogP contribution in [0.1, 0.15) is 76.7 Å². The minimum absolute atomic E-state index is 0.0499. The van der Waals surface area contributed by atoms with Gasteiger partial charge in [0.05, 0.1) is 12.7 Å². The molecule has 0 radical (unpaired) electrons. The third-order valence-corrected chi connectivity index (χ3v) is 6.27. The van der Waals surface area contributed by atoms with Crippen LogP contribution >= 0.6 is 0 Å². The predicted molar refractivity (Wildman–Crippen MR) is 118 cm³/mol. The molecule has 1 aliphatic carbocycles. The molecule has 1 saturated carbocycles. The van der Waals surface area contributed by atoms with Gasteiger partial charge in [0.25, 0.3) is 0 Å². The summed E-state index contributed by atoms with van der Waals surface area (Å²) in [7, 11) is 0. The lowest BCUT2D eigenvalue weighted by atomic mass is 9.93. The first-order chi connectivity index (χ1) is 14.6. The standard InChI is InChI=1S/C24H36N2O4/c1-2-19(27)17-26(18-9-4-3-5-10-18)24(29)13-6-7-16-30-22-12-8-11-21-20(22)14-15-23(28)25-21/h8,11-12,18-19,27H,2-7,9-10,13-17H2,1H3,(H,25,28). The summed E-state index contributed by atoms with van der Waals surface area (Å²) in [6.07, 6.45) is 9.20. The van der Waals surface area contributed by atoms with E-state index in [-0.39, 0.29) is 17.9 Å². The zero-order chi connectivity index (χ0) is 21.3. The van der Waals surface area contributed by atoms with Crippen LogP contribution in [0.4, 0.5) is 5.69 Å². The molecule has 3 rings (SSSR count). The number of aliphatic hydroxyl groups is 1. The second kappa shape index (κ2) is 11.3. The van der Waals surface area contributed by atoms with Crippen LogP contribution in [0.2, 0.25) is 0 Å². The molecule has 0 saturated heterocycles.